The molecule has 13 nitrogen and oxygen atoms in total. The molecule has 1 N–H and O–H groups in total. The molecule has 6 aliphatic heterocycles. The van der Waals surface area contributed by atoms with E-state index < -0.39 is 56.2 Å². The van der Waals surface area contributed by atoms with Gasteiger partial charge >= 0.3 is 34.5 Å². The second kappa shape index (κ2) is 22.1. The number of alkyl halides is 4. The molecule has 0 aliphatic carbocycles. The van der Waals surface area contributed by atoms with E-state index in [1.165, 1.54) is 47.5 Å². The third-order valence-electron chi connectivity index (χ3n) is 14.3. The van der Waals surface area contributed by atoms with Crippen molar-refractivity contribution in [3.8, 4) is 0 Å². The zero-order valence-corrected chi connectivity index (χ0v) is 41.1. The molecule has 0 bridgehead atoms. The molecule has 374 valence electrons. The normalized spacial score (nSPS) is 27.8. The van der Waals surface area contributed by atoms with Crippen LogP contribution >= 0.6 is 11.6 Å². The van der Waals surface area contributed by atoms with E-state index in [2.05, 4.69) is 9.19 Å². The fourth-order valence-electron chi connectivity index (χ4n) is 10.1. The van der Waals surface area contributed by atoms with Crippen LogP contribution in [0.15, 0.2) is 72.8 Å². The average Bonchev–Trinajstić information content (AvgIpc) is 4.15. The number of hydrogen-bond donors (Lipinski definition) is 1. The van der Waals surface area contributed by atoms with E-state index in [1.54, 1.807) is 40.1 Å². The van der Waals surface area contributed by atoms with Gasteiger partial charge in [-0.3, -0.25) is 33.6 Å². The van der Waals surface area contributed by atoms with E-state index in [4.69, 9.17) is 11.6 Å². The summed E-state index contributed by atoms with van der Waals surface area (Å²) in [6, 6.07) is 18.1. The first kappa shape index (κ1) is 56.5. The van der Waals surface area contributed by atoms with Crippen LogP contribution in [0.25, 0.3) is 0 Å². The van der Waals surface area contributed by atoms with Crippen LogP contribution in [0.4, 0.5) is 26.3 Å². The number of benzene rings is 3. The van der Waals surface area contributed by atoms with Crippen molar-refractivity contribution in [3.05, 3.63) is 107 Å². The van der Waals surface area contributed by atoms with Gasteiger partial charge in [-0.2, -0.15) is 21.6 Å². The van der Waals surface area contributed by atoms with Crippen LogP contribution in [-0.4, -0.2) is 125 Å². The molecule has 23 heteroatoms. The van der Waals surface area contributed by atoms with Crippen molar-refractivity contribution in [1.82, 2.24) is 30.1 Å². The smallest absolute Gasteiger partial charge is 1.00 e. The zero-order chi connectivity index (χ0) is 48.7. The molecule has 6 atom stereocenters. The Hall–Kier alpha value is -3.42. The van der Waals surface area contributed by atoms with Crippen molar-refractivity contribution >= 4 is 39.4 Å². The molecule has 3 amide bonds. The third-order valence-corrected chi connectivity index (χ3v) is 15.8. The summed E-state index contributed by atoms with van der Waals surface area (Å²) in [5.41, 5.74) is -5.87. The minimum absolute atomic E-state index is 0. The monoisotopic (exact) mass is 1030 g/mol. The second-order valence-corrected chi connectivity index (χ2v) is 19.9. The van der Waals surface area contributed by atoms with Crippen LogP contribution in [-0.2, 0) is 28.7 Å². The summed E-state index contributed by atoms with van der Waals surface area (Å²) < 4.78 is 105. The third kappa shape index (κ3) is 10.7. The van der Waals surface area contributed by atoms with E-state index in [0.717, 1.165) is 43.5 Å². The Morgan fingerprint density at radius 1 is 0.638 bits per heavy atom. The Bertz CT molecular complexity index is 2350. The zero-order valence-electron chi connectivity index (χ0n) is 38.8. The molecule has 0 radical (unpaired) electrons. The Kier molecular flexibility index (Phi) is 18.1. The molecule has 3 aromatic carbocycles. The number of aliphatic hydroxyl groups is 1. The van der Waals surface area contributed by atoms with Crippen LogP contribution in [0.3, 0.4) is 0 Å². The van der Waals surface area contributed by atoms with Gasteiger partial charge in [0.15, 0.2) is 0 Å². The van der Waals surface area contributed by atoms with Crippen molar-refractivity contribution in [2.24, 2.45) is 16.2 Å². The molecule has 3 aromatic rings. The largest absolute Gasteiger partial charge is 1.00 e. The van der Waals surface area contributed by atoms with Gasteiger partial charge in [0, 0.05) is 45.1 Å². The van der Waals surface area contributed by atoms with Crippen molar-refractivity contribution in [1.29, 1.82) is 0 Å². The first-order valence-corrected chi connectivity index (χ1v) is 24.3. The number of amides is 3. The van der Waals surface area contributed by atoms with Crippen molar-refractivity contribution in [2.45, 2.75) is 82.9 Å². The molecule has 0 aromatic heterocycles. The quantitative estimate of drug-likeness (QED) is 0.0986. The molecule has 69 heavy (non-hydrogen) atoms. The van der Waals surface area contributed by atoms with Crippen molar-refractivity contribution in [3.63, 3.8) is 0 Å². The molecular weight excluding hydrogens is 972 g/mol. The fourth-order valence-corrected chi connectivity index (χ4v) is 11.0. The van der Waals surface area contributed by atoms with Gasteiger partial charge in [-0.05, 0) is 91.6 Å². The van der Waals surface area contributed by atoms with E-state index in [1.807, 2.05) is 31.0 Å². The summed E-state index contributed by atoms with van der Waals surface area (Å²) in [6.07, 6.45) is 3.64. The number of fused-ring (bicyclic) bond motifs is 3. The van der Waals surface area contributed by atoms with Crippen LogP contribution in [0.1, 0.15) is 94.1 Å². The fraction of sp³-hybridized carbons (Fsp3) is 0.543. The van der Waals surface area contributed by atoms with Gasteiger partial charge in [-0.15, -0.1) is 11.6 Å². The van der Waals surface area contributed by atoms with Crippen LogP contribution in [0.2, 0.25) is 0 Å². The summed E-state index contributed by atoms with van der Waals surface area (Å²) >= 11 is 6.06. The van der Waals surface area contributed by atoms with Gasteiger partial charge in [0.05, 0.1) is 47.6 Å². The number of carbonyl (C=O) groups is 3. The van der Waals surface area contributed by atoms with Crippen LogP contribution < -0.4 is 31.3 Å². The van der Waals surface area contributed by atoms with Crippen LogP contribution in [0.5, 0.6) is 0 Å². The van der Waals surface area contributed by atoms with Gasteiger partial charge in [-0.1, -0.05) is 57.2 Å². The number of hydrazine groups is 3. The first-order valence-electron chi connectivity index (χ1n) is 22.4. The molecule has 6 fully saturated rings. The Morgan fingerprint density at radius 3 is 1.29 bits per heavy atom. The molecule has 6 saturated heterocycles. The average molecular weight is 1030 g/mol. The summed E-state index contributed by atoms with van der Waals surface area (Å²) in [7, 11) is -5.79. The Balaban J connectivity index is 0.000000193. The van der Waals surface area contributed by atoms with Gasteiger partial charge < -0.3 is 17.5 Å². The van der Waals surface area contributed by atoms with Crippen molar-refractivity contribution in [2.75, 3.05) is 58.4 Å². The van der Waals surface area contributed by atoms with Gasteiger partial charge in [0.25, 0.3) is 0 Å². The minimum Gasteiger partial charge on any atom is -1.00 e. The maximum absolute atomic E-state index is 13.5. The van der Waals surface area contributed by atoms with E-state index in [-0.39, 0.29) is 86.4 Å². The summed E-state index contributed by atoms with van der Waals surface area (Å²) in [5, 5.41) is 20.3. The minimum atomic E-state index is -5.79. The van der Waals surface area contributed by atoms with Gasteiger partial charge in [-0.25, -0.2) is 28.2 Å². The summed E-state index contributed by atoms with van der Waals surface area (Å²) in [4.78, 5) is 38.4. The predicted octanol–water partition coefficient (Wildman–Crippen LogP) is 1.28. The second-order valence-electron chi connectivity index (χ2n) is 18.0. The molecular formula is C46H55Cl2F6LiN6O7S. The van der Waals surface area contributed by atoms with Gasteiger partial charge in [0.2, 0.25) is 17.7 Å². The molecule has 6 heterocycles. The molecule has 0 saturated carbocycles. The molecule has 6 unspecified atom stereocenters. The first-order chi connectivity index (χ1) is 31.7. The standard InChI is InChI=1S/C16H18F4N2O4S.C15H18ClFN2O.C15H19FN2O2.ClH.Li/c1-2-15(10-26-27(24,25)16(18,19)20)9-21-7-6-13(22(21)14(15)23)11-4-3-5-12(17)8-11;1-2-15(9-16)10-18-7-6-13(19(18)14(15)20)11-4-3-5-12(17)8-11;1-2-15(10-19)9-17-7-6-13(18(17)14(15)20)11-4-3-5-12(16)8-11;;/h3-5,8,13H,2,6-7,9-10H2,1H3;3-5,8,13H,2,6-7,9-10H2,1H3;3-5,8,13,19H,2,6-7,9-10H2,1H3;1H;/q;;;;+1/p-1. The maximum Gasteiger partial charge on any atom is 1.00 e. The van der Waals surface area contributed by atoms with Gasteiger partial charge in [0.1, 0.15) is 17.5 Å². The van der Waals surface area contributed by atoms with Crippen molar-refractivity contribution < 1.29 is 89.7 Å². The van der Waals surface area contributed by atoms with E-state index in [0.29, 0.717) is 43.9 Å². The van der Waals surface area contributed by atoms with E-state index in [9.17, 15) is 54.3 Å². The summed E-state index contributed by atoms with van der Waals surface area (Å²) in [5.74, 6) is -1.13. The Morgan fingerprint density at radius 2 is 0.971 bits per heavy atom. The predicted molar refractivity (Wildman–Crippen MR) is 233 cm³/mol. The van der Waals surface area contributed by atoms with E-state index >= 15 is 0 Å². The molecule has 9 rings (SSSR count). The SMILES string of the molecule is CCC1(CCl)CN2CCC(c3cccc(F)c3)N2C1=O.CCC1(CO)CN2CCC(c3cccc(F)c3)N2C1=O.CCC1(COS(=O)(=O)C(F)(F)F)CN2CCC(c3cccc(F)c3)N2C1=O.[Cl-].[Li+]. The summed E-state index contributed by atoms with van der Waals surface area (Å²) in [6.45, 7) is 7.81. The van der Waals surface area contributed by atoms with Crippen LogP contribution in [0, 0.1) is 33.7 Å². The number of nitrogens with zero attached hydrogens (tertiary/aromatic N) is 6. The molecule has 0 spiro atoms. The number of rotatable bonds is 11. The number of hydrogen-bond acceptors (Lipinski definition) is 10. The molecule has 6 aliphatic rings. The Labute approximate surface area is 421 Å². The maximum atomic E-state index is 13.5. The number of carbonyl (C=O) groups excluding carboxylic acids is 3. The number of halogens is 8. The number of aliphatic hydroxyl groups excluding tert-OH is 1. The topological polar surface area (TPSA) is 134 Å².